The van der Waals surface area contributed by atoms with E-state index in [4.69, 9.17) is 0 Å². The second-order valence-corrected chi connectivity index (χ2v) is 7.50. The highest BCUT2D eigenvalue weighted by Gasteiger charge is 2.42. The van der Waals surface area contributed by atoms with E-state index in [2.05, 4.69) is 11.8 Å². The second kappa shape index (κ2) is 6.79. The van der Waals surface area contributed by atoms with Crippen molar-refractivity contribution in [3.8, 4) is 0 Å². The molecule has 0 aromatic heterocycles. The molecule has 0 bridgehead atoms. The average Bonchev–Trinajstić information content (AvgIpc) is 3.01. The molecule has 0 radical (unpaired) electrons. The minimum absolute atomic E-state index is 0.119. The molecule has 0 saturated carbocycles. The summed E-state index contributed by atoms with van der Waals surface area (Å²) in [5, 5.41) is 10.4. The summed E-state index contributed by atoms with van der Waals surface area (Å²) in [6.45, 7) is 4.78. The van der Waals surface area contributed by atoms with E-state index in [1.807, 2.05) is 6.07 Å². The van der Waals surface area contributed by atoms with Crippen molar-refractivity contribution in [3.05, 3.63) is 35.6 Å². The Balaban J connectivity index is 1.59. The van der Waals surface area contributed by atoms with Crippen LogP contribution in [0.4, 0.5) is 4.39 Å². The average molecular weight is 338 g/mol. The van der Waals surface area contributed by atoms with Gasteiger partial charge >= 0.3 is 0 Å². The molecule has 2 heterocycles. The Morgan fingerprint density at radius 1 is 1.35 bits per heavy atom. The molecular weight excluding hydrogens is 315 g/mol. The fourth-order valence-electron chi connectivity index (χ4n) is 3.31. The molecule has 2 aliphatic heterocycles. The number of piperazine rings is 1. The summed E-state index contributed by atoms with van der Waals surface area (Å²) in [5.41, 5.74) is -0.211. The van der Waals surface area contributed by atoms with Crippen LogP contribution in [-0.2, 0) is 4.79 Å². The minimum atomic E-state index is -1.17. The van der Waals surface area contributed by atoms with Crippen molar-refractivity contribution in [2.75, 3.05) is 37.7 Å². The Morgan fingerprint density at radius 3 is 2.70 bits per heavy atom. The molecule has 2 saturated heterocycles. The Kier molecular flexibility index (Phi) is 4.94. The Bertz CT molecular complexity index is 569. The SMILES string of the molecule is CC(c1cccc(F)c1)N1CCN(C(=O)C2(O)CCSC2)CC1. The summed E-state index contributed by atoms with van der Waals surface area (Å²) in [6, 6.07) is 6.80. The van der Waals surface area contributed by atoms with E-state index in [1.165, 1.54) is 6.07 Å². The summed E-state index contributed by atoms with van der Waals surface area (Å²) < 4.78 is 13.4. The number of amides is 1. The number of aliphatic hydroxyl groups is 1. The lowest BCUT2D eigenvalue weighted by Gasteiger charge is -2.40. The Morgan fingerprint density at radius 2 is 2.09 bits per heavy atom. The van der Waals surface area contributed by atoms with Crippen LogP contribution in [0.25, 0.3) is 0 Å². The zero-order valence-corrected chi connectivity index (χ0v) is 14.2. The number of thioether (sulfide) groups is 1. The molecule has 0 spiro atoms. The van der Waals surface area contributed by atoms with E-state index >= 15 is 0 Å². The van der Waals surface area contributed by atoms with Gasteiger partial charge in [-0.1, -0.05) is 12.1 Å². The fraction of sp³-hybridized carbons (Fsp3) is 0.588. The molecule has 2 unspecified atom stereocenters. The van der Waals surface area contributed by atoms with Gasteiger partial charge in [-0.2, -0.15) is 11.8 Å². The van der Waals surface area contributed by atoms with Crippen molar-refractivity contribution in [2.45, 2.75) is 25.0 Å². The zero-order chi connectivity index (χ0) is 16.4. The standard InChI is InChI=1S/C17H23FN2O2S/c1-13(14-3-2-4-15(18)11-14)19-6-8-20(9-7-19)16(21)17(22)5-10-23-12-17/h2-4,11,13,22H,5-10,12H2,1H3. The maximum absolute atomic E-state index is 13.4. The van der Waals surface area contributed by atoms with Gasteiger partial charge in [-0.25, -0.2) is 4.39 Å². The molecule has 0 aliphatic carbocycles. The van der Waals surface area contributed by atoms with Crippen molar-refractivity contribution < 1.29 is 14.3 Å². The van der Waals surface area contributed by atoms with Crippen LogP contribution in [0.1, 0.15) is 24.9 Å². The smallest absolute Gasteiger partial charge is 0.255 e. The van der Waals surface area contributed by atoms with Crippen LogP contribution in [0.5, 0.6) is 0 Å². The van der Waals surface area contributed by atoms with E-state index in [1.54, 1.807) is 28.8 Å². The second-order valence-electron chi connectivity index (χ2n) is 6.39. The third kappa shape index (κ3) is 3.54. The first-order valence-corrected chi connectivity index (χ1v) is 9.24. The number of carbonyl (C=O) groups is 1. The predicted octanol–water partition coefficient (Wildman–Crippen LogP) is 1.90. The van der Waals surface area contributed by atoms with E-state index in [0.29, 0.717) is 25.3 Å². The fourth-order valence-corrected chi connectivity index (χ4v) is 4.54. The number of benzene rings is 1. The topological polar surface area (TPSA) is 43.8 Å². The molecule has 1 amide bonds. The lowest BCUT2D eigenvalue weighted by Crippen LogP contribution is -2.56. The van der Waals surface area contributed by atoms with Crippen LogP contribution < -0.4 is 0 Å². The lowest BCUT2D eigenvalue weighted by molar-refractivity contribution is -0.150. The largest absolute Gasteiger partial charge is 0.379 e. The van der Waals surface area contributed by atoms with Gasteiger partial charge in [0.15, 0.2) is 5.60 Å². The van der Waals surface area contributed by atoms with Crippen LogP contribution in [0.2, 0.25) is 0 Å². The summed E-state index contributed by atoms with van der Waals surface area (Å²) in [6.07, 6.45) is 0.552. The molecule has 126 valence electrons. The molecule has 1 aromatic rings. The van der Waals surface area contributed by atoms with Gasteiger partial charge in [0.25, 0.3) is 5.91 Å². The summed E-state index contributed by atoms with van der Waals surface area (Å²) in [4.78, 5) is 16.5. The molecule has 4 nitrogen and oxygen atoms in total. The number of hydrogen-bond donors (Lipinski definition) is 1. The molecule has 2 fully saturated rings. The van der Waals surface area contributed by atoms with Crippen LogP contribution >= 0.6 is 11.8 Å². The molecular formula is C17H23FN2O2S. The lowest BCUT2D eigenvalue weighted by atomic mass is 10.0. The number of halogens is 1. The van der Waals surface area contributed by atoms with Crippen LogP contribution in [0.3, 0.4) is 0 Å². The highest BCUT2D eigenvalue weighted by molar-refractivity contribution is 7.99. The summed E-state index contributed by atoms with van der Waals surface area (Å²) in [7, 11) is 0. The summed E-state index contributed by atoms with van der Waals surface area (Å²) in [5.74, 6) is 1.01. The van der Waals surface area contributed by atoms with Gasteiger partial charge < -0.3 is 10.0 Å². The van der Waals surface area contributed by atoms with Crippen molar-refractivity contribution in [1.82, 2.24) is 9.80 Å². The van der Waals surface area contributed by atoms with Crippen LogP contribution in [-0.4, -0.2) is 64.1 Å². The highest BCUT2D eigenvalue weighted by Crippen LogP contribution is 2.30. The van der Waals surface area contributed by atoms with Gasteiger partial charge in [0.1, 0.15) is 5.82 Å². The molecule has 1 N–H and O–H groups in total. The van der Waals surface area contributed by atoms with E-state index in [-0.39, 0.29) is 17.8 Å². The van der Waals surface area contributed by atoms with Crippen molar-refractivity contribution in [3.63, 3.8) is 0 Å². The maximum atomic E-state index is 13.4. The summed E-state index contributed by atoms with van der Waals surface area (Å²) >= 11 is 1.63. The number of rotatable bonds is 3. The van der Waals surface area contributed by atoms with Crippen molar-refractivity contribution in [1.29, 1.82) is 0 Å². The Hall–Kier alpha value is -1.11. The number of hydrogen-bond acceptors (Lipinski definition) is 4. The number of carbonyl (C=O) groups excluding carboxylic acids is 1. The molecule has 23 heavy (non-hydrogen) atoms. The maximum Gasteiger partial charge on any atom is 0.255 e. The van der Waals surface area contributed by atoms with Crippen molar-refractivity contribution >= 4 is 17.7 Å². The Labute approximate surface area is 140 Å². The molecule has 2 aliphatic rings. The normalized spacial score (nSPS) is 27.2. The first kappa shape index (κ1) is 16.7. The molecule has 6 heteroatoms. The van der Waals surface area contributed by atoms with Gasteiger partial charge in [0.2, 0.25) is 0 Å². The number of nitrogens with zero attached hydrogens (tertiary/aromatic N) is 2. The third-order valence-corrected chi connectivity index (χ3v) is 6.05. The van der Waals surface area contributed by atoms with Gasteiger partial charge in [0, 0.05) is 38.0 Å². The molecule has 1 aromatic carbocycles. The van der Waals surface area contributed by atoms with Gasteiger partial charge in [-0.3, -0.25) is 9.69 Å². The first-order chi connectivity index (χ1) is 11.0. The van der Waals surface area contributed by atoms with Crippen molar-refractivity contribution in [2.24, 2.45) is 0 Å². The first-order valence-electron chi connectivity index (χ1n) is 8.09. The quantitative estimate of drug-likeness (QED) is 0.914. The van der Waals surface area contributed by atoms with E-state index in [9.17, 15) is 14.3 Å². The highest BCUT2D eigenvalue weighted by atomic mass is 32.2. The van der Waals surface area contributed by atoms with E-state index < -0.39 is 5.60 Å². The molecule has 2 atom stereocenters. The molecule has 3 rings (SSSR count). The van der Waals surface area contributed by atoms with Crippen LogP contribution in [0, 0.1) is 5.82 Å². The van der Waals surface area contributed by atoms with Gasteiger partial charge in [-0.15, -0.1) is 0 Å². The van der Waals surface area contributed by atoms with Gasteiger partial charge in [0.05, 0.1) is 0 Å². The van der Waals surface area contributed by atoms with Gasteiger partial charge in [-0.05, 0) is 36.8 Å². The van der Waals surface area contributed by atoms with E-state index in [0.717, 1.165) is 24.4 Å². The van der Waals surface area contributed by atoms with Crippen LogP contribution in [0.15, 0.2) is 24.3 Å². The predicted molar refractivity (Wildman–Crippen MR) is 89.9 cm³/mol. The monoisotopic (exact) mass is 338 g/mol. The minimum Gasteiger partial charge on any atom is -0.379 e. The zero-order valence-electron chi connectivity index (χ0n) is 13.4. The third-order valence-electron chi connectivity index (χ3n) is 4.88.